The molecule has 2 saturated heterocycles. The standard InChI is InChI=1S/C36H44N6O3/c1-22-31-14-11-26(36(45)39-15-3-5-28(37)21-39)20-42(31)38-33(22)32-16-25-4-2-6-30(34(25)41(32)17-23-7-8-23)27-18-40(19-27)35(44)24-9-12-29(43)13-10-24/h2,4,6,11,14,16,20,23-24,27-29,43H,3,5,7-10,12-13,15,17-19,21,37H2,1H3/t24-,28-,29-/m1/s1. The van der Waals surface area contributed by atoms with Crippen LogP contribution in [0.1, 0.15) is 78.8 Å². The second-order valence-corrected chi connectivity index (χ2v) is 14.2. The number of aromatic nitrogens is 3. The van der Waals surface area contributed by atoms with Crippen LogP contribution in [0.4, 0.5) is 0 Å². The van der Waals surface area contributed by atoms with Crippen molar-refractivity contribution in [2.45, 2.75) is 82.9 Å². The zero-order valence-electron chi connectivity index (χ0n) is 26.2. The van der Waals surface area contributed by atoms with Crippen LogP contribution in [0.5, 0.6) is 0 Å². The van der Waals surface area contributed by atoms with E-state index in [9.17, 15) is 14.7 Å². The average Bonchev–Trinajstić information content (AvgIpc) is 3.69. The Labute approximate surface area is 264 Å². The van der Waals surface area contributed by atoms with Gasteiger partial charge in [-0.05, 0) is 88.0 Å². The van der Waals surface area contributed by atoms with Crippen molar-refractivity contribution >= 4 is 28.2 Å². The summed E-state index contributed by atoms with van der Waals surface area (Å²) in [6.07, 6.45) is 9.09. The third kappa shape index (κ3) is 5.23. The number of nitrogens with two attached hydrogens (primary N) is 1. The number of likely N-dealkylation sites (tertiary alicyclic amines) is 2. The highest BCUT2D eigenvalue weighted by atomic mass is 16.3. The molecule has 4 aromatic rings. The second kappa shape index (κ2) is 11.3. The van der Waals surface area contributed by atoms with E-state index in [2.05, 4.69) is 35.8 Å². The minimum atomic E-state index is -0.246. The zero-order chi connectivity index (χ0) is 30.8. The molecule has 5 heterocycles. The number of pyridine rings is 1. The van der Waals surface area contributed by atoms with E-state index < -0.39 is 0 Å². The molecule has 4 aliphatic rings. The van der Waals surface area contributed by atoms with E-state index in [1.807, 2.05) is 32.6 Å². The quantitative estimate of drug-likeness (QED) is 0.330. The van der Waals surface area contributed by atoms with E-state index >= 15 is 0 Å². The number of fused-ring (bicyclic) bond motifs is 2. The van der Waals surface area contributed by atoms with Gasteiger partial charge in [0.1, 0.15) is 5.69 Å². The predicted octanol–water partition coefficient (Wildman–Crippen LogP) is 4.71. The molecule has 4 fully saturated rings. The van der Waals surface area contributed by atoms with Crippen LogP contribution < -0.4 is 5.73 Å². The number of benzene rings is 1. The maximum atomic E-state index is 13.3. The van der Waals surface area contributed by atoms with Crippen LogP contribution in [0.3, 0.4) is 0 Å². The monoisotopic (exact) mass is 608 g/mol. The number of piperidine rings is 1. The SMILES string of the molecule is Cc1c(-c2cc3cccc(C4CN(C(=O)[C@H]5CC[C@H](O)CC5)C4)c3n2CC2CC2)nn2cc(C(=O)N3CCC[C@@H](N)C3)ccc12. The molecule has 2 aliphatic carbocycles. The van der Waals surface area contributed by atoms with E-state index in [1.54, 1.807) is 0 Å². The molecule has 2 amide bonds. The van der Waals surface area contributed by atoms with Crippen LogP contribution in [0.25, 0.3) is 27.8 Å². The van der Waals surface area contributed by atoms with E-state index in [0.717, 1.165) is 87.2 Å². The lowest BCUT2D eigenvalue weighted by molar-refractivity contribution is -0.141. The highest BCUT2D eigenvalue weighted by Gasteiger charge is 2.38. The highest BCUT2D eigenvalue weighted by molar-refractivity contribution is 5.95. The van der Waals surface area contributed by atoms with Crippen molar-refractivity contribution in [3.05, 3.63) is 59.3 Å². The van der Waals surface area contributed by atoms with Gasteiger partial charge in [-0.2, -0.15) is 5.10 Å². The van der Waals surface area contributed by atoms with Gasteiger partial charge in [0, 0.05) is 67.7 Å². The number of rotatable bonds is 6. The first-order valence-corrected chi connectivity index (χ1v) is 17.0. The van der Waals surface area contributed by atoms with Crippen molar-refractivity contribution in [3.8, 4) is 11.4 Å². The van der Waals surface area contributed by atoms with Crippen molar-refractivity contribution < 1.29 is 14.7 Å². The fourth-order valence-electron chi connectivity index (χ4n) is 7.98. The summed E-state index contributed by atoms with van der Waals surface area (Å²) in [5, 5.41) is 16.2. The summed E-state index contributed by atoms with van der Waals surface area (Å²) < 4.78 is 4.37. The number of aliphatic hydroxyl groups excluding tert-OH is 1. The molecule has 0 spiro atoms. The molecular weight excluding hydrogens is 564 g/mol. The molecule has 0 unspecified atom stereocenters. The van der Waals surface area contributed by atoms with Crippen molar-refractivity contribution in [1.82, 2.24) is 24.0 Å². The largest absolute Gasteiger partial charge is 0.393 e. The summed E-state index contributed by atoms with van der Waals surface area (Å²) in [7, 11) is 0. The summed E-state index contributed by atoms with van der Waals surface area (Å²) >= 11 is 0. The van der Waals surface area contributed by atoms with E-state index in [0.29, 0.717) is 23.9 Å². The van der Waals surface area contributed by atoms with Gasteiger partial charge in [0.2, 0.25) is 5.91 Å². The number of hydrogen-bond acceptors (Lipinski definition) is 5. The smallest absolute Gasteiger partial charge is 0.255 e. The molecule has 3 N–H and O–H groups in total. The Morgan fingerprint density at radius 1 is 0.978 bits per heavy atom. The number of aryl methyl sites for hydroxylation is 1. The van der Waals surface area contributed by atoms with E-state index in [-0.39, 0.29) is 29.9 Å². The van der Waals surface area contributed by atoms with Crippen LogP contribution in [0.15, 0.2) is 42.6 Å². The van der Waals surface area contributed by atoms with Crippen LogP contribution in [0, 0.1) is 18.8 Å². The third-order valence-corrected chi connectivity index (χ3v) is 10.9. The van der Waals surface area contributed by atoms with E-state index in [4.69, 9.17) is 10.8 Å². The molecular formula is C36H44N6O3. The Morgan fingerprint density at radius 2 is 1.78 bits per heavy atom. The van der Waals surface area contributed by atoms with Crippen molar-refractivity contribution in [2.75, 3.05) is 26.2 Å². The van der Waals surface area contributed by atoms with Gasteiger partial charge in [-0.1, -0.05) is 18.2 Å². The molecule has 9 heteroatoms. The van der Waals surface area contributed by atoms with Crippen molar-refractivity contribution in [3.63, 3.8) is 0 Å². The summed E-state index contributed by atoms with van der Waals surface area (Å²) in [6, 6.07) is 12.9. The number of hydrogen-bond donors (Lipinski definition) is 2. The van der Waals surface area contributed by atoms with Gasteiger partial charge in [-0.3, -0.25) is 9.59 Å². The summed E-state index contributed by atoms with van der Waals surface area (Å²) in [5.74, 6) is 1.32. The fourth-order valence-corrected chi connectivity index (χ4v) is 7.98. The third-order valence-electron chi connectivity index (χ3n) is 10.9. The number of carbonyl (C=O) groups excluding carboxylic acids is 2. The van der Waals surface area contributed by atoms with Gasteiger partial charge in [-0.15, -0.1) is 0 Å². The maximum absolute atomic E-state index is 13.3. The molecule has 9 nitrogen and oxygen atoms in total. The Morgan fingerprint density at radius 3 is 2.53 bits per heavy atom. The Bertz CT molecular complexity index is 1770. The van der Waals surface area contributed by atoms with Crippen LogP contribution >= 0.6 is 0 Å². The van der Waals surface area contributed by atoms with E-state index in [1.165, 1.54) is 29.3 Å². The molecule has 2 aliphatic heterocycles. The number of para-hydroxylation sites is 1. The molecule has 1 aromatic carbocycles. The predicted molar refractivity (Wildman–Crippen MR) is 174 cm³/mol. The normalized spacial score (nSPS) is 24.4. The average molecular weight is 609 g/mol. The van der Waals surface area contributed by atoms with Gasteiger partial charge in [0.25, 0.3) is 5.91 Å². The number of amides is 2. The molecule has 3 aromatic heterocycles. The van der Waals surface area contributed by atoms with Gasteiger partial charge >= 0.3 is 0 Å². The highest BCUT2D eigenvalue weighted by Crippen LogP contribution is 2.41. The lowest BCUT2D eigenvalue weighted by atomic mass is 9.83. The van der Waals surface area contributed by atoms with Crippen LogP contribution in [-0.2, 0) is 11.3 Å². The zero-order valence-corrected chi connectivity index (χ0v) is 26.2. The Balaban J connectivity index is 1.11. The summed E-state index contributed by atoms with van der Waals surface area (Å²) in [6.45, 7) is 5.95. The molecule has 2 saturated carbocycles. The Kier molecular flexibility index (Phi) is 7.21. The minimum Gasteiger partial charge on any atom is -0.393 e. The second-order valence-electron chi connectivity index (χ2n) is 14.2. The maximum Gasteiger partial charge on any atom is 0.255 e. The van der Waals surface area contributed by atoms with Gasteiger partial charge in [-0.25, -0.2) is 4.52 Å². The van der Waals surface area contributed by atoms with Crippen molar-refractivity contribution in [2.24, 2.45) is 17.6 Å². The lowest BCUT2D eigenvalue weighted by Crippen LogP contribution is -2.51. The molecule has 0 radical (unpaired) electrons. The lowest BCUT2D eigenvalue weighted by Gasteiger charge is -2.42. The van der Waals surface area contributed by atoms with Crippen LogP contribution in [0.2, 0.25) is 0 Å². The van der Waals surface area contributed by atoms with Gasteiger partial charge < -0.3 is 25.2 Å². The number of nitrogens with zero attached hydrogens (tertiary/aromatic N) is 5. The van der Waals surface area contributed by atoms with Gasteiger partial charge in [0.05, 0.1) is 28.4 Å². The molecule has 45 heavy (non-hydrogen) atoms. The number of carbonyl (C=O) groups is 2. The minimum absolute atomic E-state index is 0.0170. The molecule has 0 bridgehead atoms. The molecule has 8 rings (SSSR count). The Hall–Kier alpha value is -3.69. The molecule has 236 valence electrons. The first-order valence-electron chi connectivity index (χ1n) is 17.0. The van der Waals surface area contributed by atoms with Crippen LogP contribution in [-0.4, -0.2) is 79.2 Å². The van der Waals surface area contributed by atoms with Gasteiger partial charge in [0.15, 0.2) is 0 Å². The molecule has 1 atom stereocenters. The van der Waals surface area contributed by atoms with Crippen molar-refractivity contribution in [1.29, 1.82) is 0 Å². The summed E-state index contributed by atoms with van der Waals surface area (Å²) in [5.41, 5.74) is 13.6. The topological polar surface area (TPSA) is 109 Å². The first-order chi connectivity index (χ1) is 21.8. The number of aliphatic hydroxyl groups is 1. The summed E-state index contributed by atoms with van der Waals surface area (Å²) in [4.78, 5) is 30.5. The fraction of sp³-hybridized carbons (Fsp3) is 0.528. The first kappa shape index (κ1) is 28.8.